The predicted octanol–water partition coefficient (Wildman–Crippen LogP) is -1.14. The van der Waals surface area contributed by atoms with Crippen LogP contribution in [0, 0.1) is 0 Å². The summed E-state index contributed by atoms with van der Waals surface area (Å²) in [6.07, 6.45) is 1.20. The zero-order valence-corrected chi connectivity index (χ0v) is 5.61. The van der Waals surface area contributed by atoms with E-state index in [4.69, 9.17) is 11.6 Å². The van der Waals surface area contributed by atoms with E-state index in [0.29, 0.717) is 5.82 Å². The van der Waals surface area contributed by atoms with Gasteiger partial charge in [-0.2, -0.15) is 0 Å². The molecule has 58 valence electrons. The van der Waals surface area contributed by atoms with Gasteiger partial charge in [-0.15, -0.1) is 0 Å². The molecular weight excluding hydrogens is 146 g/mol. The van der Waals surface area contributed by atoms with Gasteiger partial charge in [0.1, 0.15) is 17.8 Å². The Hall–Kier alpha value is -1.69. The SMILES string of the molecule is NNc1cc(C(N)=O)ncn1. The molecule has 0 saturated carbocycles. The van der Waals surface area contributed by atoms with Crippen LogP contribution in [0.15, 0.2) is 12.4 Å². The number of nitrogens with one attached hydrogen (secondary N) is 1. The van der Waals surface area contributed by atoms with Gasteiger partial charge in [0.25, 0.3) is 5.91 Å². The van der Waals surface area contributed by atoms with Crippen LogP contribution in [-0.4, -0.2) is 15.9 Å². The lowest BCUT2D eigenvalue weighted by Gasteiger charge is -1.97. The van der Waals surface area contributed by atoms with E-state index in [-0.39, 0.29) is 5.69 Å². The second-order valence-corrected chi connectivity index (χ2v) is 1.80. The number of rotatable bonds is 2. The van der Waals surface area contributed by atoms with E-state index >= 15 is 0 Å². The van der Waals surface area contributed by atoms with Crippen molar-refractivity contribution >= 4 is 11.7 Å². The number of amides is 1. The number of hydrogen-bond acceptors (Lipinski definition) is 5. The number of primary amides is 1. The molecule has 0 atom stereocenters. The maximum absolute atomic E-state index is 10.5. The number of nitrogens with zero attached hydrogens (tertiary/aromatic N) is 2. The first-order valence-electron chi connectivity index (χ1n) is 2.82. The van der Waals surface area contributed by atoms with Crippen LogP contribution in [0.1, 0.15) is 10.5 Å². The minimum absolute atomic E-state index is 0.132. The standard InChI is InChI=1S/C5H7N5O/c6-5(11)3-1-4(10-7)9-2-8-3/h1-2H,7H2,(H2,6,11)(H,8,9,10). The monoisotopic (exact) mass is 153 g/mol. The third kappa shape index (κ3) is 1.62. The highest BCUT2D eigenvalue weighted by molar-refractivity contribution is 5.91. The molecule has 0 radical (unpaired) electrons. The average Bonchev–Trinajstić information content (AvgIpc) is 2.05. The summed E-state index contributed by atoms with van der Waals surface area (Å²) < 4.78 is 0. The lowest BCUT2D eigenvalue weighted by Crippen LogP contribution is -2.15. The van der Waals surface area contributed by atoms with Gasteiger partial charge in [0.2, 0.25) is 0 Å². The molecular formula is C5H7N5O. The zero-order chi connectivity index (χ0) is 8.27. The Labute approximate surface area is 62.6 Å². The molecule has 11 heavy (non-hydrogen) atoms. The van der Waals surface area contributed by atoms with Crippen LogP contribution in [-0.2, 0) is 0 Å². The summed E-state index contributed by atoms with van der Waals surface area (Å²) in [5, 5.41) is 0. The number of hydrazine groups is 1. The zero-order valence-electron chi connectivity index (χ0n) is 5.61. The number of anilines is 1. The minimum atomic E-state index is -0.608. The largest absolute Gasteiger partial charge is 0.364 e. The molecule has 0 aliphatic heterocycles. The fourth-order valence-electron chi connectivity index (χ4n) is 0.571. The molecule has 0 aliphatic rings. The van der Waals surface area contributed by atoms with Crippen LogP contribution in [0.25, 0.3) is 0 Å². The second kappa shape index (κ2) is 2.93. The molecule has 0 aromatic carbocycles. The highest BCUT2D eigenvalue weighted by Crippen LogP contribution is 1.99. The molecule has 0 fully saturated rings. The number of carbonyl (C=O) groups is 1. The first kappa shape index (κ1) is 7.42. The molecule has 0 bridgehead atoms. The molecule has 1 aromatic rings. The van der Waals surface area contributed by atoms with Gasteiger partial charge in [-0.1, -0.05) is 0 Å². The van der Waals surface area contributed by atoms with Crippen LogP contribution >= 0.6 is 0 Å². The predicted molar refractivity (Wildman–Crippen MR) is 38.4 cm³/mol. The molecule has 5 N–H and O–H groups in total. The van der Waals surface area contributed by atoms with Crippen molar-refractivity contribution in [2.45, 2.75) is 0 Å². The molecule has 1 amide bonds. The molecule has 1 aromatic heterocycles. The van der Waals surface area contributed by atoms with Crippen molar-refractivity contribution in [3.05, 3.63) is 18.1 Å². The van der Waals surface area contributed by atoms with Crippen molar-refractivity contribution in [3.8, 4) is 0 Å². The second-order valence-electron chi connectivity index (χ2n) is 1.80. The summed E-state index contributed by atoms with van der Waals surface area (Å²) in [4.78, 5) is 17.8. The number of hydrogen-bond donors (Lipinski definition) is 3. The molecule has 0 unspecified atom stereocenters. The average molecular weight is 153 g/mol. The van der Waals surface area contributed by atoms with Gasteiger partial charge in [-0.3, -0.25) is 4.79 Å². The van der Waals surface area contributed by atoms with Crippen LogP contribution in [0.5, 0.6) is 0 Å². The molecule has 0 spiro atoms. The van der Waals surface area contributed by atoms with Gasteiger partial charge < -0.3 is 11.2 Å². The number of carbonyl (C=O) groups excluding carboxylic acids is 1. The van der Waals surface area contributed by atoms with E-state index in [1.807, 2.05) is 0 Å². The normalized spacial score (nSPS) is 9.18. The maximum atomic E-state index is 10.5. The quantitative estimate of drug-likeness (QED) is 0.367. The van der Waals surface area contributed by atoms with Gasteiger partial charge in [-0.05, 0) is 0 Å². The van der Waals surface area contributed by atoms with Gasteiger partial charge in [0.05, 0.1) is 0 Å². The van der Waals surface area contributed by atoms with Crippen LogP contribution in [0.4, 0.5) is 5.82 Å². The number of nitrogens with two attached hydrogens (primary N) is 2. The maximum Gasteiger partial charge on any atom is 0.267 e. The Morgan fingerprint density at radius 1 is 1.55 bits per heavy atom. The molecule has 0 saturated heterocycles. The van der Waals surface area contributed by atoms with Crippen LogP contribution in [0.2, 0.25) is 0 Å². The van der Waals surface area contributed by atoms with Gasteiger partial charge in [0, 0.05) is 6.07 Å². The van der Waals surface area contributed by atoms with E-state index in [0.717, 1.165) is 0 Å². The fourth-order valence-corrected chi connectivity index (χ4v) is 0.571. The van der Waals surface area contributed by atoms with E-state index in [1.165, 1.54) is 12.4 Å². The lowest BCUT2D eigenvalue weighted by molar-refractivity contribution is 0.0995. The fraction of sp³-hybridized carbons (Fsp3) is 0. The van der Waals surface area contributed by atoms with Crippen molar-refractivity contribution in [3.63, 3.8) is 0 Å². The molecule has 6 heteroatoms. The molecule has 1 rings (SSSR count). The Balaban J connectivity index is 3.01. The van der Waals surface area contributed by atoms with E-state index in [1.54, 1.807) is 0 Å². The van der Waals surface area contributed by atoms with Crippen molar-refractivity contribution in [1.82, 2.24) is 9.97 Å². The van der Waals surface area contributed by atoms with Gasteiger partial charge in [0.15, 0.2) is 0 Å². The van der Waals surface area contributed by atoms with E-state index in [9.17, 15) is 4.79 Å². The molecule has 1 heterocycles. The Morgan fingerprint density at radius 2 is 2.27 bits per heavy atom. The van der Waals surface area contributed by atoms with Crippen LogP contribution in [0.3, 0.4) is 0 Å². The first-order chi connectivity index (χ1) is 5.24. The Kier molecular flexibility index (Phi) is 1.98. The summed E-state index contributed by atoms with van der Waals surface area (Å²) in [5.41, 5.74) is 7.34. The molecule has 0 aliphatic carbocycles. The smallest absolute Gasteiger partial charge is 0.267 e. The summed E-state index contributed by atoms with van der Waals surface area (Å²) >= 11 is 0. The van der Waals surface area contributed by atoms with Crippen molar-refractivity contribution in [2.75, 3.05) is 5.43 Å². The summed E-state index contributed by atoms with van der Waals surface area (Å²) in [6, 6.07) is 1.36. The molecule has 6 nitrogen and oxygen atoms in total. The van der Waals surface area contributed by atoms with Crippen molar-refractivity contribution in [1.29, 1.82) is 0 Å². The number of aromatic nitrogens is 2. The summed E-state index contributed by atoms with van der Waals surface area (Å²) in [5.74, 6) is 4.77. The third-order valence-electron chi connectivity index (χ3n) is 1.07. The van der Waals surface area contributed by atoms with Crippen LogP contribution < -0.4 is 17.0 Å². The van der Waals surface area contributed by atoms with Crippen molar-refractivity contribution < 1.29 is 4.79 Å². The van der Waals surface area contributed by atoms with Crippen molar-refractivity contribution in [2.24, 2.45) is 11.6 Å². The lowest BCUT2D eigenvalue weighted by atomic mass is 10.4. The third-order valence-corrected chi connectivity index (χ3v) is 1.07. The summed E-state index contributed by atoms with van der Waals surface area (Å²) in [6.45, 7) is 0. The number of nitrogen functional groups attached to an aromatic ring is 1. The highest BCUT2D eigenvalue weighted by atomic mass is 16.1. The first-order valence-corrected chi connectivity index (χ1v) is 2.82. The minimum Gasteiger partial charge on any atom is -0.364 e. The van der Waals surface area contributed by atoms with E-state index < -0.39 is 5.91 Å². The Morgan fingerprint density at radius 3 is 2.82 bits per heavy atom. The Bertz CT molecular complexity index is 273. The highest BCUT2D eigenvalue weighted by Gasteiger charge is 2.01. The van der Waals surface area contributed by atoms with Gasteiger partial charge in [-0.25, -0.2) is 15.8 Å². The summed E-state index contributed by atoms with van der Waals surface area (Å²) in [7, 11) is 0. The van der Waals surface area contributed by atoms with E-state index in [2.05, 4.69) is 15.4 Å². The topological polar surface area (TPSA) is 107 Å². The van der Waals surface area contributed by atoms with Gasteiger partial charge >= 0.3 is 0 Å².